The average molecular weight is 409 g/mol. The first kappa shape index (κ1) is 18.8. The van der Waals surface area contributed by atoms with Crippen molar-refractivity contribution in [3.05, 3.63) is 92.2 Å². The zero-order valence-corrected chi connectivity index (χ0v) is 16.8. The summed E-state index contributed by atoms with van der Waals surface area (Å²) in [5.74, 6) is -0.285. The molecule has 1 heterocycles. The van der Waals surface area contributed by atoms with E-state index in [1.165, 1.54) is 0 Å². The van der Waals surface area contributed by atoms with Gasteiger partial charge in [-0.3, -0.25) is 4.79 Å². The van der Waals surface area contributed by atoms with Crippen LogP contribution < -0.4 is 5.32 Å². The van der Waals surface area contributed by atoms with Crippen LogP contribution in [0.4, 0.5) is 0 Å². The first-order valence-electron chi connectivity index (χ1n) is 9.13. The average Bonchev–Trinajstić information content (AvgIpc) is 2.67. The number of dihydropyridines is 1. The summed E-state index contributed by atoms with van der Waals surface area (Å²) in [6, 6.07) is 17.6. The number of carbonyl (C=O) groups excluding carboxylic acids is 1. The number of benzene rings is 2. The lowest BCUT2D eigenvalue weighted by atomic mass is 9.72. The van der Waals surface area contributed by atoms with Gasteiger partial charge in [0.15, 0.2) is 5.78 Å². The molecule has 28 heavy (non-hydrogen) atoms. The molecule has 1 aliphatic heterocycles. The number of halogens is 2. The molecule has 1 N–H and O–H groups in total. The normalized spacial score (nSPS) is 21.9. The molecule has 2 atom stereocenters. The first-order valence-corrected chi connectivity index (χ1v) is 9.89. The van der Waals surface area contributed by atoms with E-state index in [1.807, 2.05) is 31.2 Å². The minimum atomic E-state index is -0.463. The molecule has 2 aromatic carbocycles. The third-order valence-electron chi connectivity index (χ3n) is 5.49. The monoisotopic (exact) mass is 408 g/mol. The summed E-state index contributed by atoms with van der Waals surface area (Å²) in [4.78, 5) is 13.2. The van der Waals surface area contributed by atoms with Crippen molar-refractivity contribution in [3.63, 3.8) is 0 Å². The molecule has 140 valence electrons. The molecule has 2 aromatic rings. The number of nitrogens with zero attached hydrogens (tertiary/aromatic N) is 1. The van der Waals surface area contributed by atoms with Gasteiger partial charge in [0.25, 0.3) is 0 Å². The Morgan fingerprint density at radius 1 is 1.11 bits per heavy atom. The van der Waals surface area contributed by atoms with E-state index < -0.39 is 5.92 Å². The van der Waals surface area contributed by atoms with Crippen LogP contribution in [0.3, 0.4) is 0 Å². The van der Waals surface area contributed by atoms with E-state index in [4.69, 9.17) is 23.2 Å². The molecule has 0 amide bonds. The molecule has 0 bridgehead atoms. The molecule has 4 rings (SSSR count). The van der Waals surface area contributed by atoms with Crippen molar-refractivity contribution in [1.29, 1.82) is 5.26 Å². The third kappa shape index (κ3) is 3.24. The number of nitriles is 1. The highest BCUT2D eigenvalue weighted by atomic mass is 35.5. The second kappa shape index (κ2) is 7.47. The maximum Gasteiger partial charge on any atom is 0.162 e. The van der Waals surface area contributed by atoms with Crippen LogP contribution in [0, 0.1) is 11.3 Å². The molecule has 5 heteroatoms. The highest BCUT2D eigenvalue weighted by Crippen LogP contribution is 2.46. The second-order valence-corrected chi connectivity index (χ2v) is 8.05. The van der Waals surface area contributed by atoms with Crippen LogP contribution in [-0.2, 0) is 4.79 Å². The number of hydrogen-bond acceptors (Lipinski definition) is 3. The van der Waals surface area contributed by atoms with Gasteiger partial charge in [-0.25, -0.2) is 0 Å². The Morgan fingerprint density at radius 3 is 2.54 bits per heavy atom. The number of allylic oxidation sites excluding steroid dienone is 4. The van der Waals surface area contributed by atoms with Crippen molar-refractivity contribution in [2.45, 2.75) is 31.6 Å². The van der Waals surface area contributed by atoms with Gasteiger partial charge in [0.05, 0.1) is 17.6 Å². The lowest BCUT2D eigenvalue weighted by molar-refractivity contribution is -0.116. The van der Waals surface area contributed by atoms with Crippen LogP contribution in [0.1, 0.15) is 42.7 Å². The van der Waals surface area contributed by atoms with Gasteiger partial charge < -0.3 is 5.32 Å². The summed E-state index contributed by atoms with van der Waals surface area (Å²) in [5, 5.41) is 14.1. The Labute approximate surface area is 174 Å². The Morgan fingerprint density at radius 2 is 1.86 bits per heavy atom. The second-order valence-electron chi connectivity index (χ2n) is 7.21. The van der Waals surface area contributed by atoms with Crippen LogP contribution in [0.15, 0.2) is 71.1 Å². The number of carbonyl (C=O) groups is 1. The highest BCUT2D eigenvalue weighted by molar-refractivity contribution is 6.35. The smallest absolute Gasteiger partial charge is 0.162 e. The van der Waals surface area contributed by atoms with Crippen LogP contribution in [0.25, 0.3) is 0 Å². The lowest BCUT2D eigenvalue weighted by Crippen LogP contribution is -2.33. The summed E-state index contributed by atoms with van der Waals surface area (Å²) in [7, 11) is 0. The van der Waals surface area contributed by atoms with E-state index in [-0.39, 0.29) is 11.7 Å². The molecule has 0 unspecified atom stereocenters. The van der Waals surface area contributed by atoms with Crippen LogP contribution >= 0.6 is 23.2 Å². The van der Waals surface area contributed by atoms with Gasteiger partial charge in [-0.1, -0.05) is 59.6 Å². The van der Waals surface area contributed by atoms with E-state index in [1.54, 1.807) is 12.1 Å². The molecule has 0 saturated heterocycles. The maximum atomic E-state index is 13.2. The number of hydrogen-bond donors (Lipinski definition) is 1. The molecule has 2 aliphatic rings. The minimum Gasteiger partial charge on any atom is -0.361 e. The van der Waals surface area contributed by atoms with Crippen molar-refractivity contribution in [1.82, 2.24) is 5.32 Å². The molecular formula is C23H18Cl2N2O. The van der Waals surface area contributed by atoms with Gasteiger partial charge in [0.1, 0.15) is 0 Å². The molecule has 0 radical (unpaired) electrons. The van der Waals surface area contributed by atoms with Crippen molar-refractivity contribution in [2.75, 3.05) is 0 Å². The third-order valence-corrected chi connectivity index (χ3v) is 6.05. The standard InChI is InChI=1S/C23H18Cl2N2O/c1-13-18(12-26)22(17-8-7-16(24)11-19(17)25)23-20(27-13)9-15(10-21(23)28)14-5-3-2-4-6-14/h2-8,11,15,22,27H,9-10H2,1H3/t15-,22-/m1/s1. The summed E-state index contributed by atoms with van der Waals surface area (Å²) in [6.45, 7) is 1.87. The molecule has 0 fully saturated rings. The van der Waals surface area contributed by atoms with E-state index >= 15 is 0 Å². The topological polar surface area (TPSA) is 52.9 Å². The Bertz CT molecular complexity index is 1060. The van der Waals surface area contributed by atoms with E-state index in [0.29, 0.717) is 27.6 Å². The van der Waals surface area contributed by atoms with Crippen LogP contribution in [-0.4, -0.2) is 5.78 Å². The highest BCUT2D eigenvalue weighted by Gasteiger charge is 2.39. The summed E-state index contributed by atoms with van der Waals surface area (Å²) >= 11 is 12.5. The van der Waals surface area contributed by atoms with E-state index in [0.717, 1.165) is 28.9 Å². The molecule has 3 nitrogen and oxygen atoms in total. The van der Waals surface area contributed by atoms with Crippen molar-refractivity contribution < 1.29 is 4.79 Å². The van der Waals surface area contributed by atoms with Gasteiger partial charge in [-0.05, 0) is 42.5 Å². The quantitative estimate of drug-likeness (QED) is 0.674. The summed E-state index contributed by atoms with van der Waals surface area (Å²) < 4.78 is 0. The number of ketones is 1. The molecule has 0 saturated carbocycles. The summed E-state index contributed by atoms with van der Waals surface area (Å²) in [5.41, 5.74) is 4.71. The van der Waals surface area contributed by atoms with Gasteiger partial charge >= 0.3 is 0 Å². The predicted molar refractivity (Wildman–Crippen MR) is 111 cm³/mol. The molecule has 1 aliphatic carbocycles. The van der Waals surface area contributed by atoms with Crippen molar-refractivity contribution >= 4 is 29.0 Å². The van der Waals surface area contributed by atoms with Gasteiger partial charge in [0, 0.05) is 33.4 Å². The Balaban J connectivity index is 1.82. The predicted octanol–water partition coefficient (Wildman–Crippen LogP) is 5.88. The largest absolute Gasteiger partial charge is 0.361 e. The van der Waals surface area contributed by atoms with Gasteiger partial charge in [-0.15, -0.1) is 0 Å². The van der Waals surface area contributed by atoms with Crippen molar-refractivity contribution in [2.24, 2.45) is 0 Å². The Hall–Kier alpha value is -2.54. The number of Topliss-reactive ketones (excluding diaryl/α,β-unsaturated/α-hetero) is 1. The van der Waals surface area contributed by atoms with Crippen LogP contribution in [0.5, 0.6) is 0 Å². The zero-order valence-electron chi connectivity index (χ0n) is 15.3. The first-order chi connectivity index (χ1) is 13.5. The van der Waals surface area contributed by atoms with Crippen LogP contribution in [0.2, 0.25) is 10.0 Å². The van der Waals surface area contributed by atoms with Crippen molar-refractivity contribution in [3.8, 4) is 6.07 Å². The SMILES string of the molecule is CC1=C(C#N)[C@@H](c2ccc(Cl)cc2Cl)C2=C(C[C@@H](c3ccccc3)CC2=O)N1. The lowest BCUT2D eigenvalue weighted by Gasteiger charge is -2.36. The molecular weight excluding hydrogens is 391 g/mol. The molecule has 0 spiro atoms. The summed E-state index contributed by atoms with van der Waals surface area (Å²) in [6.07, 6.45) is 1.15. The van der Waals surface area contributed by atoms with Gasteiger partial charge in [-0.2, -0.15) is 5.26 Å². The fraction of sp³-hybridized carbons (Fsp3) is 0.217. The fourth-order valence-electron chi connectivity index (χ4n) is 4.19. The zero-order chi connectivity index (χ0) is 19.8. The van der Waals surface area contributed by atoms with E-state index in [9.17, 15) is 10.1 Å². The maximum absolute atomic E-state index is 13.2. The van der Waals surface area contributed by atoms with E-state index in [2.05, 4.69) is 23.5 Å². The number of nitrogens with one attached hydrogen (secondary N) is 1. The molecule has 0 aromatic heterocycles. The fourth-order valence-corrected chi connectivity index (χ4v) is 4.71. The number of rotatable bonds is 2. The Kier molecular flexibility index (Phi) is 5.02. The minimum absolute atomic E-state index is 0.0545. The van der Waals surface area contributed by atoms with Gasteiger partial charge in [0.2, 0.25) is 0 Å².